The third kappa shape index (κ3) is 2.87. The van der Waals surface area contributed by atoms with Crippen LogP contribution in [0.1, 0.15) is 6.42 Å². The maximum absolute atomic E-state index is 11.2. The van der Waals surface area contributed by atoms with Gasteiger partial charge in [-0.1, -0.05) is 5.16 Å². The summed E-state index contributed by atoms with van der Waals surface area (Å²) in [5.41, 5.74) is 10.6. The lowest BCUT2D eigenvalue weighted by molar-refractivity contribution is -0.123. The molecule has 0 aliphatic rings. The Morgan fingerprint density at radius 1 is 1.64 bits per heavy atom. The van der Waals surface area contributed by atoms with E-state index in [9.17, 15) is 9.59 Å². The summed E-state index contributed by atoms with van der Waals surface area (Å²) in [5.74, 6) is -1.13. The van der Waals surface area contributed by atoms with Crippen LogP contribution in [0.4, 0.5) is 5.69 Å². The van der Waals surface area contributed by atoms with Crippen molar-refractivity contribution in [3.8, 4) is 0 Å². The van der Waals surface area contributed by atoms with E-state index >= 15 is 0 Å². The number of rotatable bonds is 4. The first-order chi connectivity index (χ1) is 6.59. The lowest BCUT2D eigenvalue weighted by Crippen LogP contribution is -2.38. The van der Waals surface area contributed by atoms with E-state index in [-0.39, 0.29) is 6.42 Å². The van der Waals surface area contributed by atoms with Crippen LogP contribution in [0.3, 0.4) is 0 Å². The Kier molecular flexibility index (Phi) is 3.19. The van der Waals surface area contributed by atoms with Crippen molar-refractivity contribution >= 4 is 17.5 Å². The normalized spacial score (nSPS) is 12.1. The van der Waals surface area contributed by atoms with Gasteiger partial charge in [-0.15, -0.1) is 0 Å². The van der Waals surface area contributed by atoms with Gasteiger partial charge in [0.1, 0.15) is 12.0 Å². The topological polar surface area (TPSA) is 124 Å². The average Bonchev–Trinajstić information content (AvgIpc) is 2.55. The highest BCUT2D eigenvalue weighted by Crippen LogP contribution is 2.04. The largest absolute Gasteiger partial charge is 0.370 e. The number of hydrogen-bond donors (Lipinski definition) is 3. The molecule has 7 heteroatoms. The highest BCUT2D eigenvalue weighted by Gasteiger charge is 2.16. The number of aromatic nitrogens is 1. The van der Waals surface area contributed by atoms with Crippen molar-refractivity contribution in [2.24, 2.45) is 11.5 Å². The molecular weight excluding hydrogens is 188 g/mol. The Balaban J connectivity index is 2.46. The zero-order valence-corrected chi connectivity index (χ0v) is 7.27. The van der Waals surface area contributed by atoms with Crippen LogP contribution >= 0.6 is 0 Å². The molecule has 0 spiro atoms. The molecule has 1 aromatic rings. The van der Waals surface area contributed by atoms with E-state index in [1.165, 1.54) is 12.5 Å². The van der Waals surface area contributed by atoms with Gasteiger partial charge in [-0.3, -0.25) is 9.59 Å². The number of nitrogens with zero attached hydrogens (tertiary/aromatic N) is 1. The van der Waals surface area contributed by atoms with E-state index in [2.05, 4.69) is 15.0 Å². The Bertz CT molecular complexity index is 322. The molecule has 5 N–H and O–H groups in total. The van der Waals surface area contributed by atoms with Crippen molar-refractivity contribution in [3.05, 3.63) is 12.5 Å². The summed E-state index contributed by atoms with van der Waals surface area (Å²) < 4.78 is 4.48. The fourth-order valence-electron chi connectivity index (χ4n) is 0.811. The summed E-state index contributed by atoms with van der Waals surface area (Å²) >= 11 is 0. The van der Waals surface area contributed by atoms with Gasteiger partial charge in [0.2, 0.25) is 11.8 Å². The van der Waals surface area contributed by atoms with Gasteiger partial charge in [-0.05, 0) is 0 Å². The second-order valence-corrected chi connectivity index (χ2v) is 2.68. The van der Waals surface area contributed by atoms with Gasteiger partial charge < -0.3 is 21.3 Å². The molecule has 14 heavy (non-hydrogen) atoms. The lowest BCUT2D eigenvalue weighted by Gasteiger charge is -2.07. The van der Waals surface area contributed by atoms with Crippen LogP contribution in [0.2, 0.25) is 0 Å². The highest BCUT2D eigenvalue weighted by molar-refractivity contribution is 5.96. The van der Waals surface area contributed by atoms with Crippen LogP contribution in [0, 0.1) is 0 Å². The van der Waals surface area contributed by atoms with Crippen LogP contribution in [-0.4, -0.2) is 23.0 Å². The van der Waals surface area contributed by atoms with E-state index in [4.69, 9.17) is 11.5 Å². The fourth-order valence-corrected chi connectivity index (χ4v) is 0.811. The summed E-state index contributed by atoms with van der Waals surface area (Å²) in [5, 5.41) is 5.77. The van der Waals surface area contributed by atoms with Gasteiger partial charge in [0.15, 0.2) is 0 Å². The minimum Gasteiger partial charge on any atom is -0.370 e. The summed E-state index contributed by atoms with van der Waals surface area (Å²) in [7, 11) is 0. The minimum absolute atomic E-state index is 0.197. The predicted octanol–water partition coefficient (Wildman–Crippen LogP) is -1.18. The molecule has 0 aromatic carbocycles. The van der Waals surface area contributed by atoms with Crippen molar-refractivity contribution in [2.45, 2.75) is 12.5 Å². The number of anilines is 1. The third-order valence-electron chi connectivity index (χ3n) is 1.46. The van der Waals surface area contributed by atoms with E-state index in [1.807, 2.05) is 0 Å². The molecule has 1 aromatic heterocycles. The van der Waals surface area contributed by atoms with Crippen LogP contribution in [-0.2, 0) is 9.59 Å². The predicted molar refractivity (Wildman–Crippen MR) is 46.9 cm³/mol. The summed E-state index contributed by atoms with van der Waals surface area (Å²) in [4.78, 5) is 21.7. The number of nitrogens with one attached hydrogen (secondary N) is 1. The molecule has 0 aliphatic carbocycles. The SMILES string of the molecule is NC(=O)CC(N)C(=O)Nc1cnoc1. The summed E-state index contributed by atoms with van der Waals surface area (Å²) in [6, 6.07) is -0.956. The second-order valence-electron chi connectivity index (χ2n) is 2.68. The first-order valence-corrected chi connectivity index (χ1v) is 3.83. The summed E-state index contributed by atoms with van der Waals surface area (Å²) in [6.45, 7) is 0. The molecule has 0 saturated heterocycles. The van der Waals surface area contributed by atoms with Gasteiger partial charge in [-0.25, -0.2) is 0 Å². The van der Waals surface area contributed by atoms with Crippen molar-refractivity contribution in [1.82, 2.24) is 5.16 Å². The first kappa shape index (κ1) is 10.2. The van der Waals surface area contributed by atoms with E-state index in [0.29, 0.717) is 5.69 Å². The van der Waals surface area contributed by atoms with Crippen LogP contribution in [0.15, 0.2) is 17.0 Å². The van der Waals surface area contributed by atoms with Crippen molar-refractivity contribution < 1.29 is 14.1 Å². The smallest absolute Gasteiger partial charge is 0.241 e. The van der Waals surface area contributed by atoms with Crippen LogP contribution < -0.4 is 16.8 Å². The molecule has 0 fully saturated rings. The Labute approximate surface area is 79.4 Å². The van der Waals surface area contributed by atoms with Gasteiger partial charge >= 0.3 is 0 Å². The van der Waals surface area contributed by atoms with Crippen molar-refractivity contribution in [3.63, 3.8) is 0 Å². The third-order valence-corrected chi connectivity index (χ3v) is 1.46. The van der Waals surface area contributed by atoms with Crippen LogP contribution in [0.25, 0.3) is 0 Å². The van der Waals surface area contributed by atoms with E-state index in [1.54, 1.807) is 0 Å². The molecule has 76 valence electrons. The molecule has 0 bridgehead atoms. The summed E-state index contributed by atoms with van der Waals surface area (Å²) in [6.07, 6.45) is 2.36. The first-order valence-electron chi connectivity index (χ1n) is 3.83. The molecule has 1 heterocycles. The standard InChI is InChI=1S/C7H10N4O3/c8-5(1-6(9)12)7(13)11-4-2-10-14-3-4/h2-3,5H,1,8H2,(H2,9,12)(H,11,13). The fraction of sp³-hybridized carbons (Fsp3) is 0.286. The Morgan fingerprint density at radius 2 is 2.36 bits per heavy atom. The van der Waals surface area contributed by atoms with Gasteiger partial charge in [0.25, 0.3) is 0 Å². The molecule has 1 rings (SSSR count). The average molecular weight is 198 g/mol. The number of carbonyl (C=O) groups excluding carboxylic acids is 2. The monoisotopic (exact) mass is 198 g/mol. The number of carbonyl (C=O) groups is 2. The number of primary amides is 1. The Morgan fingerprint density at radius 3 is 2.86 bits per heavy atom. The molecule has 1 atom stereocenters. The molecule has 7 nitrogen and oxygen atoms in total. The zero-order chi connectivity index (χ0) is 10.6. The maximum Gasteiger partial charge on any atom is 0.241 e. The van der Waals surface area contributed by atoms with Gasteiger partial charge in [-0.2, -0.15) is 0 Å². The van der Waals surface area contributed by atoms with Gasteiger partial charge in [0, 0.05) is 0 Å². The lowest BCUT2D eigenvalue weighted by atomic mass is 10.2. The van der Waals surface area contributed by atoms with E-state index < -0.39 is 17.9 Å². The molecular formula is C7H10N4O3. The zero-order valence-electron chi connectivity index (χ0n) is 7.27. The molecule has 0 radical (unpaired) electrons. The van der Waals surface area contributed by atoms with E-state index in [0.717, 1.165) is 0 Å². The minimum atomic E-state index is -0.956. The van der Waals surface area contributed by atoms with Crippen molar-refractivity contribution in [2.75, 3.05) is 5.32 Å². The molecule has 0 aliphatic heterocycles. The molecule has 1 unspecified atom stereocenters. The quantitative estimate of drug-likeness (QED) is 0.561. The second kappa shape index (κ2) is 4.38. The maximum atomic E-state index is 11.2. The van der Waals surface area contributed by atoms with Gasteiger partial charge in [0.05, 0.1) is 18.7 Å². The van der Waals surface area contributed by atoms with Crippen LogP contribution in [0.5, 0.6) is 0 Å². The number of amides is 2. The van der Waals surface area contributed by atoms with Crippen molar-refractivity contribution in [1.29, 1.82) is 0 Å². The Hall–Kier alpha value is -1.89. The highest BCUT2D eigenvalue weighted by atomic mass is 16.5. The number of hydrogen-bond acceptors (Lipinski definition) is 5. The number of nitrogens with two attached hydrogens (primary N) is 2. The molecule has 0 saturated carbocycles. The molecule has 2 amide bonds.